The molecule has 0 aromatic carbocycles. The van der Waals surface area contributed by atoms with Crippen molar-refractivity contribution in [3.05, 3.63) is 26.9 Å². The Morgan fingerprint density at radius 2 is 2.10 bits per heavy atom. The van der Waals surface area contributed by atoms with Gasteiger partial charge in [-0.05, 0) is 15.9 Å². The van der Waals surface area contributed by atoms with Crippen molar-refractivity contribution in [1.82, 2.24) is 15.2 Å². The molecule has 20 heavy (non-hydrogen) atoms. The minimum absolute atomic E-state index is 0.0677. The number of rotatable bonds is 3. The third kappa shape index (κ3) is 2.63. The number of halogens is 1. The largest absolute Gasteiger partial charge is 0.348 e. The topological polar surface area (TPSA) is 74.5 Å². The Bertz CT molecular complexity index is 515. The van der Waals surface area contributed by atoms with Gasteiger partial charge in [-0.3, -0.25) is 15.0 Å². The van der Waals surface area contributed by atoms with E-state index in [1.165, 1.54) is 6.07 Å². The lowest BCUT2D eigenvalue weighted by Gasteiger charge is -2.47. The van der Waals surface area contributed by atoms with Gasteiger partial charge in [-0.2, -0.15) is 0 Å². The number of hydrogen-bond acceptors (Lipinski definition) is 6. The van der Waals surface area contributed by atoms with Crippen molar-refractivity contribution in [1.29, 1.82) is 0 Å². The SMILES string of the molecule is O=[N+]([O-])c1cc(Br)cnc1N1CC(N2CCNCC2)C1. The van der Waals surface area contributed by atoms with Crippen LogP contribution in [0.15, 0.2) is 16.7 Å². The number of nitrogens with zero attached hydrogens (tertiary/aromatic N) is 4. The van der Waals surface area contributed by atoms with Crippen LogP contribution in [0.3, 0.4) is 0 Å². The van der Waals surface area contributed by atoms with Crippen LogP contribution in [-0.4, -0.2) is 60.1 Å². The summed E-state index contributed by atoms with van der Waals surface area (Å²) in [6.45, 7) is 5.77. The Labute approximate surface area is 125 Å². The quantitative estimate of drug-likeness (QED) is 0.648. The van der Waals surface area contributed by atoms with E-state index in [0.29, 0.717) is 16.3 Å². The molecule has 0 unspecified atom stereocenters. The van der Waals surface area contributed by atoms with Crippen molar-refractivity contribution < 1.29 is 4.92 Å². The number of pyridine rings is 1. The van der Waals surface area contributed by atoms with E-state index in [2.05, 4.69) is 31.1 Å². The highest BCUT2D eigenvalue weighted by atomic mass is 79.9. The highest BCUT2D eigenvalue weighted by molar-refractivity contribution is 9.10. The Morgan fingerprint density at radius 3 is 2.75 bits per heavy atom. The second-order valence-corrected chi connectivity index (χ2v) is 6.01. The van der Waals surface area contributed by atoms with Crippen molar-refractivity contribution >= 4 is 27.4 Å². The average molecular weight is 342 g/mol. The molecule has 3 rings (SSSR count). The normalized spacial score (nSPS) is 20.8. The predicted octanol–water partition coefficient (Wildman–Crippen LogP) is 0.846. The van der Waals surface area contributed by atoms with E-state index < -0.39 is 0 Å². The van der Waals surface area contributed by atoms with Gasteiger partial charge in [0, 0.05) is 62.0 Å². The molecule has 2 aliphatic rings. The summed E-state index contributed by atoms with van der Waals surface area (Å²) < 4.78 is 0.632. The third-order valence-electron chi connectivity index (χ3n) is 3.84. The first-order chi connectivity index (χ1) is 9.65. The number of anilines is 1. The van der Waals surface area contributed by atoms with Crippen LogP contribution in [-0.2, 0) is 0 Å². The van der Waals surface area contributed by atoms with Crippen molar-refractivity contribution in [3.8, 4) is 0 Å². The molecule has 108 valence electrons. The van der Waals surface area contributed by atoms with Gasteiger partial charge in [0.05, 0.1) is 4.92 Å². The summed E-state index contributed by atoms with van der Waals surface area (Å²) >= 11 is 3.23. The number of hydrogen-bond donors (Lipinski definition) is 1. The van der Waals surface area contributed by atoms with Gasteiger partial charge in [0.2, 0.25) is 5.82 Å². The molecule has 1 aromatic rings. The van der Waals surface area contributed by atoms with Crippen LogP contribution < -0.4 is 10.2 Å². The van der Waals surface area contributed by atoms with E-state index >= 15 is 0 Å². The molecule has 0 aliphatic carbocycles. The molecule has 7 nitrogen and oxygen atoms in total. The second kappa shape index (κ2) is 5.63. The Hall–Kier alpha value is -1.25. The van der Waals surface area contributed by atoms with Crippen molar-refractivity contribution in [2.45, 2.75) is 6.04 Å². The molecule has 2 aliphatic heterocycles. The molecule has 0 amide bonds. The molecule has 2 saturated heterocycles. The third-order valence-corrected chi connectivity index (χ3v) is 4.27. The standard InChI is InChI=1S/C12H16BrN5O2/c13-9-5-11(18(19)20)12(15-6-9)17-7-10(8-17)16-3-1-14-2-4-16/h5-6,10,14H,1-4,7-8H2. The highest BCUT2D eigenvalue weighted by Gasteiger charge is 2.36. The monoisotopic (exact) mass is 341 g/mol. The zero-order valence-corrected chi connectivity index (χ0v) is 12.5. The number of nitro groups is 1. The zero-order valence-electron chi connectivity index (χ0n) is 11.0. The predicted molar refractivity (Wildman–Crippen MR) is 79.0 cm³/mol. The molecule has 0 saturated carbocycles. The lowest BCUT2D eigenvalue weighted by atomic mass is 10.1. The molecule has 1 aromatic heterocycles. The number of nitrogens with one attached hydrogen (secondary N) is 1. The average Bonchev–Trinajstić information content (AvgIpc) is 2.39. The van der Waals surface area contributed by atoms with E-state index in [-0.39, 0.29) is 10.6 Å². The maximum atomic E-state index is 11.1. The molecule has 2 fully saturated rings. The fourth-order valence-corrected chi connectivity index (χ4v) is 3.03. The Balaban J connectivity index is 1.68. The van der Waals surface area contributed by atoms with Crippen LogP contribution in [0.25, 0.3) is 0 Å². The summed E-state index contributed by atoms with van der Waals surface area (Å²) in [6.07, 6.45) is 1.61. The Morgan fingerprint density at radius 1 is 1.40 bits per heavy atom. The van der Waals surface area contributed by atoms with E-state index in [4.69, 9.17) is 0 Å². The summed E-state index contributed by atoms with van der Waals surface area (Å²) in [5.41, 5.74) is 0.0677. The summed E-state index contributed by atoms with van der Waals surface area (Å²) in [5.74, 6) is 0.476. The van der Waals surface area contributed by atoms with Gasteiger partial charge < -0.3 is 10.2 Å². The van der Waals surface area contributed by atoms with Gasteiger partial charge in [0.15, 0.2) is 0 Å². The van der Waals surface area contributed by atoms with Crippen LogP contribution >= 0.6 is 15.9 Å². The summed E-state index contributed by atoms with van der Waals surface area (Å²) in [5, 5.41) is 14.4. The summed E-state index contributed by atoms with van der Waals surface area (Å²) in [4.78, 5) is 19.4. The van der Waals surface area contributed by atoms with E-state index in [1.54, 1.807) is 6.20 Å². The van der Waals surface area contributed by atoms with Gasteiger partial charge >= 0.3 is 5.69 Å². The molecule has 0 radical (unpaired) electrons. The molecular weight excluding hydrogens is 326 g/mol. The van der Waals surface area contributed by atoms with Crippen LogP contribution in [0.4, 0.5) is 11.5 Å². The lowest BCUT2D eigenvalue weighted by molar-refractivity contribution is -0.384. The smallest absolute Gasteiger partial charge is 0.312 e. The molecule has 1 N–H and O–H groups in total. The maximum absolute atomic E-state index is 11.1. The van der Waals surface area contributed by atoms with Crippen LogP contribution in [0.1, 0.15) is 0 Å². The highest BCUT2D eigenvalue weighted by Crippen LogP contribution is 2.32. The van der Waals surface area contributed by atoms with E-state index in [1.807, 2.05) is 4.90 Å². The van der Waals surface area contributed by atoms with Crippen molar-refractivity contribution in [2.24, 2.45) is 0 Å². The Kier molecular flexibility index (Phi) is 3.86. The van der Waals surface area contributed by atoms with Crippen molar-refractivity contribution in [2.75, 3.05) is 44.2 Å². The molecule has 8 heteroatoms. The number of aromatic nitrogens is 1. The number of piperazine rings is 1. The molecule has 0 spiro atoms. The summed E-state index contributed by atoms with van der Waals surface area (Å²) in [7, 11) is 0. The summed E-state index contributed by atoms with van der Waals surface area (Å²) in [6, 6.07) is 2.00. The molecule has 3 heterocycles. The molecule has 0 atom stereocenters. The van der Waals surface area contributed by atoms with E-state index in [0.717, 1.165) is 39.3 Å². The van der Waals surface area contributed by atoms with Gasteiger partial charge in [0.25, 0.3) is 0 Å². The lowest BCUT2D eigenvalue weighted by Crippen LogP contribution is -2.63. The van der Waals surface area contributed by atoms with Crippen LogP contribution in [0, 0.1) is 10.1 Å². The maximum Gasteiger partial charge on any atom is 0.312 e. The minimum atomic E-state index is -0.370. The van der Waals surface area contributed by atoms with Crippen LogP contribution in [0.2, 0.25) is 0 Å². The fraction of sp³-hybridized carbons (Fsp3) is 0.583. The fourth-order valence-electron chi connectivity index (χ4n) is 2.71. The van der Waals surface area contributed by atoms with Gasteiger partial charge in [-0.15, -0.1) is 0 Å². The minimum Gasteiger partial charge on any atom is -0.348 e. The first-order valence-electron chi connectivity index (χ1n) is 6.65. The van der Waals surface area contributed by atoms with Crippen LogP contribution in [0.5, 0.6) is 0 Å². The van der Waals surface area contributed by atoms with E-state index in [9.17, 15) is 10.1 Å². The first kappa shape index (κ1) is 13.7. The molecular formula is C12H16BrN5O2. The van der Waals surface area contributed by atoms with Crippen molar-refractivity contribution in [3.63, 3.8) is 0 Å². The zero-order chi connectivity index (χ0) is 14.1. The molecule has 0 bridgehead atoms. The van der Waals surface area contributed by atoms with Gasteiger partial charge in [-0.1, -0.05) is 0 Å². The first-order valence-corrected chi connectivity index (χ1v) is 7.44. The van der Waals surface area contributed by atoms with Gasteiger partial charge in [0.1, 0.15) is 0 Å². The van der Waals surface area contributed by atoms with Gasteiger partial charge in [-0.25, -0.2) is 4.98 Å². The second-order valence-electron chi connectivity index (χ2n) is 5.10.